The molecule has 0 aliphatic heterocycles. The van der Waals surface area contributed by atoms with Crippen LogP contribution in [-0.4, -0.2) is 35.7 Å². The van der Waals surface area contributed by atoms with E-state index >= 15 is 0 Å². The maximum Gasteiger partial charge on any atom is 0.319 e. The summed E-state index contributed by atoms with van der Waals surface area (Å²) >= 11 is 1.75. The number of thioether (sulfide) groups is 1. The maximum atomic E-state index is 11.9. The number of benzene rings is 1. The van der Waals surface area contributed by atoms with Crippen LogP contribution in [-0.2, 0) is 4.74 Å². The topological polar surface area (TPSA) is 79.0 Å². The molecule has 3 N–H and O–H groups in total. The van der Waals surface area contributed by atoms with Crippen molar-refractivity contribution in [1.82, 2.24) is 15.5 Å². The van der Waals surface area contributed by atoms with Gasteiger partial charge in [-0.1, -0.05) is 12.1 Å². The molecule has 7 heteroatoms. The number of H-pyrrole nitrogens is 1. The fourth-order valence-electron chi connectivity index (χ4n) is 1.86. The Labute approximate surface area is 134 Å². The molecule has 0 radical (unpaired) electrons. The van der Waals surface area contributed by atoms with Gasteiger partial charge in [-0.05, 0) is 24.6 Å². The second-order valence-corrected chi connectivity index (χ2v) is 5.89. The fourth-order valence-corrected chi connectivity index (χ4v) is 2.68. The second kappa shape index (κ2) is 8.45. The number of hydrogen-bond acceptors (Lipinski definition) is 4. The predicted molar refractivity (Wildman–Crippen MR) is 88.2 cm³/mol. The summed E-state index contributed by atoms with van der Waals surface area (Å²) in [4.78, 5) is 13.0. The SMILES string of the molecule is COCCSc1ccc(C(C)NC(=O)Nc2cn[nH]c2)cc1. The van der Waals surface area contributed by atoms with Gasteiger partial charge in [0.2, 0.25) is 0 Å². The lowest BCUT2D eigenvalue weighted by Gasteiger charge is -2.15. The fraction of sp³-hybridized carbons (Fsp3) is 0.333. The summed E-state index contributed by atoms with van der Waals surface area (Å²) in [5, 5.41) is 12.0. The van der Waals surface area contributed by atoms with Crippen molar-refractivity contribution in [2.45, 2.75) is 17.9 Å². The zero-order valence-electron chi connectivity index (χ0n) is 12.6. The first kappa shape index (κ1) is 16.4. The van der Waals surface area contributed by atoms with Crippen LogP contribution in [0.25, 0.3) is 0 Å². The minimum Gasteiger partial charge on any atom is -0.384 e. The number of methoxy groups -OCH3 is 1. The van der Waals surface area contributed by atoms with E-state index in [9.17, 15) is 4.79 Å². The summed E-state index contributed by atoms with van der Waals surface area (Å²) in [7, 11) is 1.70. The Bertz CT molecular complexity index is 572. The molecular formula is C15H20N4O2S. The molecule has 1 heterocycles. The largest absolute Gasteiger partial charge is 0.384 e. The van der Waals surface area contributed by atoms with E-state index in [2.05, 4.69) is 33.0 Å². The van der Waals surface area contributed by atoms with E-state index in [1.54, 1.807) is 31.3 Å². The molecule has 0 aliphatic carbocycles. The van der Waals surface area contributed by atoms with Crippen molar-refractivity contribution in [3.63, 3.8) is 0 Å². The van der Waals surface area contributed by atoms with E-state index in [0.29, 0.717) is 5.69 Å². The van der Waals surface area contributed by atoms with Crippen molar-refractivity contribution in [3.05, 3.63) is 42.2 Å². The second-order valence-electron chi connectivity index (χ2n) is 4.72. The summed E-state index contributed by atoms with van der Waals surface area (Å²) in [5.41, 5.74) is 1.69. The standard InChI is InChI=1S/C15H20N4O2S/c1-11(18-15(20)19-13-9-16-17-10-13)12-3-5-14(6-4-12)22-8-7-21-2/h3-6,9-11H,7-8H2,1-2H3,(H,16,17)(H2,18,19,20). The maximum absolute atomic E-state index is 11.9. The van der Waals surface area contributed by atoms with Crippen LogP contribution in [0.5, 0.6) is 0 Å². The summed E-state index contributed by atoms with van der Waals surface area (Å²) in [5.74, 6) is 0.927. The number of nitrogens with one attached hydrogen (secondary N) is 3. The zero-order valence-corrected chi connectivity index (χ0v) is 13.4. The van der Waals surface area contributed by atoms with Gasteiger partial charge in [0.05, 0.1) is 24.5 Å². The molecule has 1 aromatic heterocycles. The van der Waals surface area contributed by atoms with Crippen LogP contribution >= 0.6 is 11.8 Å². The highest BCUT2D eigenvalue weighted by atomic mass is 32.2. The summed E-state index contributed by atoms with van der Waals surface area (Å²) in [6, 6.07) is 7.83. The summed E-state index contributed by atoms with van der Waals surface area (Å²) in [6.45, 7) is 2.68. The molecule has 0 fully saturated rings. The lowest BCUT2D eigenvalue weighted by molar-refractivity contribution is 0.218. The molecular weight excluding hydrogens is 300 g/mol. The molecule has 0 aliphatic rings. The molecule has 0 spiro atoms. The average molecular weight is 320 g/mol. The number of ether oxygens (including phenoxy) is 1. The van der Waals surface area contributed by atoms with Gasteiger partial charge in [-0.15, -0.1) is 11.8 Å². The molecule has 118 valence electrons. The lowest BCUT2D eigenvalue weighted by Crippen LogP contribution is -2.31. The quantitative estimate of drug-likeness (QED) is 0.541. The van der Waals surface area contributed by atoms with Crippen LogP contribution in [0.3, 0.4) is 0 Å². The van der Waals surface area contributed by atoms with Gasteiger partial charge in [0.25, 0.3) is 0 Å². The number of carbonyl (C=O) groups is 1. The first-order chi connectivity index (χ1) is 10.7. The minimum atomic E-state index is -0.257. The Morgan fingerprint density at radius 1 is 1.41 bits per heavy atom. The van der Waals surface area contributed by atoms with Crippen molar-refractivity contribution in [3.8, 4) is 0 Å². The molecule has 6 nitrogen and oxygen atoms in total. The molecule has 1 unspecified atom stereocenters. The first-order valence-electron chi connectivity index (χ1n) is 6.97. The predicted octanol–water partition coefficient (Wildman–Crippen LogP) is 3.03. The van der Waals surface area contributed by atoms with E-state index < -0.39 is 0 Å². The molecule has 2 aromatic rings. The summed E-state index contributed by atoms with van der Waals surface area (Å²) in [6.07, 6.45) is 3.17. The summed E-state index contributed by atoms with van der Waals surface area (Å²) < 4.78 is 5.03. The van der Waals surface area contributed by atoms with Crippen LogP contribution in [0.2, 0.25) is 0 Å². The molecule has 0 saturated heterocycles. The van der Waals surface area contributed by atoms with Crippen molar-refractivity contribution in [2.75, 3.05) is 24.8 Å². The third-order valence-electron chi connectivity index (χ3n) is 3.04. The number of rotatable bonds is 7. The number of amides is 2. The molecule has 2 rings (SSSR count). The van der Waals surface area contributed by atoms with E-state index in [1.807, 2.05) is 19.1 Å². The Hall–Kier alpha value is -1.99. The van der Waals surface area contributed by atoms with Crippen LogP contribution in [0.1, 0.15) is 18.5 Å². The Morgan fingerprint density at radius 2 is 2.18 bits per heavy atom. The van der Waals surface area contributed by atoms with E-state index in [-0.39, 0.29) is 12.1 Å². The monoisotopic (exact) mass is 320 g/mol. The molecule has 0 bridgehead atoms. The number of hydrogen-bond donors (Lipinski definition) is 3. The van der Waals surface area contributed by atoms with Crippen molar-refractivity contribution in [1.29, 1.82) is 0 Å². The van der Waals surface area contributed by atoms with Crippen LogP contribution in [0, 0.1) is 0 Å². The van der Waals surface area contributed by atoms with Gasteiger partial charge in [-0.25, -0.2) is 4.79 Å². The van der Waals surface area contributed by atoms with E-state index in [0.717, 1.165) is 17.9 Å². The highest BCUT2D eigenvalue weighted by molar-refractivity contribution is 7.99. The number of carbonyl (C=O) groups excluding carboxylic acids is 1. The van der Waals surface area contributed by atoms with Gasteiger partial charge in [0.15, 0.2) is 0 Å². The van der Waals surface area contributed by atoms with E-state index in [4.69, 9.17) is 4.74 Å². The highest BCUT2D eigenvalue weighted by Crippen LogP contribution is 2.21. The minimum absolute atomic E-state index is 0.0788. The smallest absolute Gasteiger partial charge is 0.319 e. The number of nitrogens with zero attached hydrogens (tertiary/aromatic N) is 1. The molecule has 22 heavy (non-hydrogen) atoms. The highest BCUT2D eigenvalue weighted by Gasteiger charge is 2.10. The van der Waals surface area contributed by atoms with Crippen molar-refractivity contribution < 1.29 is 9.53 Å². The van der Waals surface area contributed by atoms with Gasteiger partial charge in [-0.2, -0.15) is 5.10 Å². The van der Waals surface area contributed by atoms with Crippen molar-refractivity contribution >= 4 is 23.5 Å². The third-order valence-corrected chi connectivity index (χ3v) is 4.02. The average Bonchev–Trinajstić information content (AvgIpc) is 3.01. The van der Waals surface area contributed by atoms with Gasteiger partial charge in [0.1, 0.15) is 0 Å². The number of anilines is 1. The van der Waals surface area contributed by atoms with E-state index in [1.165, 1.54) is 4.90 Å². The van der Waals surface area contributed by atoms with Gasteiger partial charge in [0, 0.05) is 24.0 Å². The normalized spacial score (nSPS) is 11.9. The zero-order chi connectivity index (χ0) is 15.8. The van der Waals surface area contributed by atoms with Crippen LogP contribution in [0.4, 0.5) is 10.5 Å². The first-order valence-corrected chi connectivity index (χ1v) is 7.95. The molecule has 1 aromatic carbocycles. The third kappa shape index (κ3) is 5.09. The molecule has 1 atom stereocenters. The Balaban J connectivity index is 1.83. The molecule has 2 amide bonds. The van der Waals surface area contributed by atoms with Crippen LogP contribution in [0.15, 0.2) is 41.6 Å². The molecule has 0 saturated carbocycles. The van der Waals surface area contributed by atoms with Crippen LogP contribution < -0.4 is 10.6 Å². The lowest BCUT2D eigenvalue weighted by atomic mass is 10.1. The Morgan fingerprint density at radius 3 is 2.82 bits per heavy atom. The number of aromatic amines is 1. The van der Waals surface area contributed by atoms with Crippen molar-refractivity contribution in [2.24, 2.45) is 0 Å². The Kier molecular flexibility index (Phi) is 6.29. The number of aromatic nitrogens is 2. The van der Waals surface area contributed by atoms with Gasteiger partial charge >= 0.3 is 6.03 Å². The van der Waals surface area contributed by atoms with Gasteiger partial charge in [-0.3, -0.25) is 5.10 Å². The number of urea groups is 1. The van der Waals surface area contributed by atoms with Gasteiger partial charge < -0.3 is 15.4 Å².